The third-order valence-electron chi connectivity index (χ3n) is 2.05. The van der Waals surface area contributed by atoms with Crippen LogP contribution in [0.2, 0.25) is 0 Å². The van der Waals surface area contributed by atoms with Crippen molar-refractivity contribution in [1.29, 1.82) is 0 Å². The molecule has 0 aliphatic rings. The van der Waals surface area contributed by atoms with Crippen LogP contribution in [-0.4, -0.2) is 33.3 Å². The zero-order valence-corrected chi connectivity index (χ0v) is 9.68. The summed E-state index contributed by atoms with van der Waals surface area (Å²) in [4.78, 5) is -0.0343. The van der Waals surface area contributed by atoms with Gasteiger partial charge in [0.1, 0.15) is 5.75 Å². The van der Waals surface area contributed by atoms with Crippen LogP contribution < -0.4 is 5.46 Å². The lowest BCUT2D eigenvalue weighted by atomic mass is 9.80. The maximum absolute atomic E-state index is 12.1. The van der Waals surface area contributed by atoms with Crippen molar-refractivity contribution in [2.75, 3.05) is 5.75 Å². The highest BCUT2D eigenvalue weighted by Crippen LogP contribution is 2.21. The first-order valence-corrected chi connectivity index (χ1v) is 5.94. The molecule has 0 spiro atoms. The first-order chi connectivity index (χ1) is 7.70. The van der Waals surface area contributed by atoms with Gasteiger partial charge in [0.15, 0.2) is 0 Å². The second-order valence-electron chi connectivity index (χ2n) is 3.50. The third kappa shape index (κ3) is 4.14. The number of hydrogen-bond acceptors (Lipinski definition) is 3. The molecule has 94 valence electrons. The second kappa shape index (κ2) is 5.20. The van der Waals surface area contributed by atoms with E-state index in [1.807, 2.05) is 0 Å². The Balaban J connectivity index is 3.04. The molecule has 0 aliphatic heterocycles. The number of alkyl halides is 3. The summed E-state index contributed by atoms with van der Waals surface area (Å²) in [5, 5.41) is 17.8. The van der Waals surface area contributed by atoms with Crippen molar-refractivity contribution < 1.29 is 27.4 Å². The molecule has 1 aromatic rings. The van der Waals surface area contributed by atoms with E-state index >= 15 is 0 Å². The van der Waals surface area contributed by atoms with Gasteiger partial charge in [-0.3, -0.25) is 4.21 Å². The van der Waals surface area contributed by atoms with E-state index in [1.54, 1.807) is 0 Å². The van der Waals surface area contributed by atoms with Crippen LogP contribution in [0.3, 0.4) is 0 Å². The fourth-order valence-electron chi connectivity index (χ4n) is 1.25. The molecule has 0 amide bonds. The van der Waals surface area contributed by atoms with Gasteiger partial charge in [0, 0.05) is 4.90 Å². The highest BCUT2D eigenvalue weighted by Gasteiger charge is 2.31. The molecule has 0 saturated carbocycles. The van der Waals surface area contributed by atoms with Gasteiger partial charge in [-0.2, -0.15) is 13.2 Å². The molecule has 1 unspecified atom stereocenters. The maximum Gasteiger partial charge on any atom is 0.488 e. The molecule has 8 heteroatoms. The fraction of sp³-hybridized carbons (Fsp3) is 0.333. The Morgan fingerprint density at radius 1 is 1.35 bits per heavy atom. The molecule has 1 atom stereocenters. The number of halogens is 3. The minimum Gasteiger partial charge on any atom is -0.423 e. The molecule has 0 bridgehead atoms. The Kier molecular flexibility index (Phi) is 4.34. The van der Waals surface area contributed by atoms with E-state index in [1.165, 1.54) is 19.1 Å². The van der Waals surface area contributed by atoms with Crippen molar-refractivity contribution in [2.45, 2.75) is 18.0 Å². The summed E-state index contributed by atoms with van der Waals surface area (Å²) in [6, 6.07) is 3.87. The smallest absolute Gasteiger partial charge is 0.423 e. The molecular formula is C9H10BF3O3S. The molecule has 2 N–H and O–H groups in total. The quantitative estimate of drug-likeness (QED) is 0.776. The molecule has 0 aromatic heterocycles. The Morgan fingerprint density at radius 2 is 1.94 bits per heavy atom. The standard InChI is InChI=1S/C9H10BF3O3S/c1-6-2-3-7(10(14)15)4-8(6)17(16)5-9(11,12)13/h2-4,14-15H,5H2,1H3. The number of benzene rings is 1. The van der Waals surface area contributed by atoms with Crippen molar-refractivity contribution in [3.8, 4) is 0 Å². The Bertz CT molecular complexity index is 434. The van der Waals surface area contributed by atoms with Crippen molar-refractivity contribution in [1.82, 2.24) is 0 Å². The van der Waals surface area contributed by atoms with Gasteiger partial charge in [0.25, 0.3) is 0 Å². The number of aryl methyl sites for hydroxylation is 1. The van der Waals surface area contributed by atoms with Crippen LogP contribution in [0.5, 0.6) is 0 Å². The Labute approximate surface area is 98.9 Å². The fourth-order valence-corrected chi connectivity index (χ4v) is 2.40. The lowest BCUT2D eigenvalue weighted by Gasteiger charge is -2.10. The molecular weight excluding hydrogens is 256 g/mol. The third-order valence-corrected chi connectivity index (χ3v) is 3.57. The van der Waals surface area contributed by atoms with Crippen molar-refractivity contribution >= 4 is 23.4 Å². The van der Waals surface area contributed by atoms with E-state index in [0.29, 0.717) is 5.56 Å². The largest absolute Gasteiger partial charge is 0.488 e. The molecule has 0 saturated heterocycles. The summed E-state index contributed by atoms with van der Waals surface area (Å²) in [5.41, 5.74) is 0.429. The number of hydrogen-bond donors (Lipinski definition) is 2. The topological polar surface area (TPSA) is 57.5 Å². The highest BCUT2D eigenvalue weighted by molar-refractivity contribution is 7.85. The summed E-state index contributed by atoms with van der Waals surface area (Å²) < 4.78 is 47.8. The summed E-state index contributed by atoms with van der Waals surface area (Å²) in [7, 11) is -4.03. The molecule has 0 radical (unpaired) electrons. The van der Waals surface area contributed by atoms with Crippen LogP contribution in [0, 0.1) is 6.92 Å². The number of rotatable bonds is 3. The van der Waals surface area contributed by atoms with Gasteiger partial charge < -0.3 is 10.0 Å². The molecule has 1 aromatic carbocycles. The molecule has 0 aliphatic carbocycles. The Hall–Kier alpha value is -0.855. The van der Waals surface area contributed by atoms with Gasteiger partial charge in [0.05, 0.1) is 10.8 Å². The zero-order valence-electron chi connectivity index (χ0n) is 8.86. The van der Waals surface area contributed by atoms with Crippen LogP contribution in [0.1, 0.15) is 5.56 Å². The molecule has 3 nitrogen and oxygen atoms in total. The summed E-state index contributed by atoms with van der Waals surface area (Å²) in [6.07, 6.45) is -4.52. The van der Waals surface area contributed by atoms with Crippen LogP contribution >= 0.6 is 0 Å². The summed E-state index contributed by atoms with van der Waals surface area (Å²) in [5.74, 6) is -1.45. The maximum atomic E-state index is 12.1. The lowest BCUT2D eigenvalue weighted by molar-refractivity contribution is -0.105. The highest BCUT2D eigenvalue weighted by atomic mass is 32.2. The first kappa shape index (κ1) is 14.2. The van der Waals surface area contributed by atoms with E-state index in [2.05, 4.69) is 0 Å². The Morgan fingerprint density at radius 3 is 2.41 bits per heavy atom. The molecule has 0 fully saturated rings. The summed E-state index contributed by atoms with van der Waals surface area (Å²) in [6.45, 7) is 1.51. The van der Waals surface area contributed by atoms with Crippen LogP contribution in [0.25, 0.3) is 0 Å². The van der Waals surface area contributed by atoms with Crippen LogP contribution in [-0.2, 0) is 10.8 Å². The van der Waals surface area contributed by atoms with Gasteiger partial charge >= 0.3 is 13.3 Å². The minimum atomic E-state index is -4.52. The SMILES string of the molecule is Cc1ccc(B(O)O)cc1S(=O)CC(F)(F)F. The average Bonchev–Trinajstić information content (AvgIpc) is 2.14. The van der Waals surface area contributed by atoms with E-state index in [9.17, 15) is 17.4 Å². The van der Waals surface area contributed by atoms with Crippen LogP contribution in [0.4, 0.5) is 13.2 Å². The summed E-state index contributed by atoms with van der Waals surface area (Å²) >= 11 is 0. The average molecular weight is 266 g/mol. The monoisotopic (exact) mass is 266 g/mol. The van der Waals surface area contributed by atoms with E-state index in [-0.39, 0.29) is 10.4 Å². The van der Waals surface area contributed by atoms with E-state index in [4.69, 9.17) is 10.0 Å². The van der Waals surface area contributed by atoms with E-state index < -0.39 is 29.8 Å². The zero-order chi connectivity index (χ0) is 13.2. The first-order valence-electron chi connectivity index (χ1n) is 4.62. The normalized spacial score (nSPS) is 13.5. The van der Waals surface area contributed by atoms with Gasteiger partial charge in [0.2, 0.25) is 0 Å². The predicted molar refractivity (Wildman–Crippen MR) is 58.3 cm³/mol. The minimum absolute atomic E-state index is 0.0149. The van der Waals surface area contributed by atoms with E-state index in [0.717, 1.165) is 6.07 Å². The molecule has 17 heavy (non-hydrogen) atoms. The van der Waals surface area contributed by atoms with Gasteiger partial charge in [-0.05, 0) is 24.0 Å². The molecule has 1 rings (SSSR count). The molecule has 0 heterocycles. The van der Waals surface area contributed by atoms with Gasteiger partial charge in [-0.1, -0.05) is 12.1 Å². The predicted octanol–water partition coefficient (Wildman–Crippen LogP) is 0.345. The van der Waals surface area contributed by atoms with Crippen LogP contribution in [0.15, 0.2) is 23.1 Å². The lowest BCUT2D eigenvalue weighted by Crippen LogP contribution is -2.30. The van der Waals surface area contributed by atoms with Gasteiger partial charge in [-0.25, -0.2) is 0 Å². The van der Waals surface area contributed by atoms with Gasteiger partial charge in [-0.15, -0.1) is 0 Å². The van der Waals surface area contributed by atoms with Crippen molar-refractivity contribution in [3.63, 3.8) is 0 Å². The van der Waals surface area contributed by atoms with Crippen molar-refractivity contribution in [3.05, 3.63) is 23.8 Å². The second-order valence-corrected chi connectivity index (χ2v) is 4.92. The van der Waals surface area contributed by atoms with Crippen molar-refractivity contribution in [2.24, 2.45) is 0 Å².